The van der Waals surface area contributed by atoms with E-state index in [0.29, 0.717) is 0 Å². The van der Waals surface area contributed by atoms with Crippen molar-refractivity contribution in [1.29, 1.82) is 0 Å². The first-order chi connectivity index (χ1) is 10.4. The molecule has 0 aromatic heterocycles. The topological polar surface area (TPSA) is 155 Å². The Kier molecular flexibility index (Phi) is 8.47. The van der Waals surface area contributed by atoms with Gasteiger partial charge < -0.3 is 19.3 Å². The molecular weight excluding hydrogens is 394 g/mol. The van der Waals surface area contributed by atoms with Crippen molar-refractivity contribution in [3.63, 3.8) is 0 Å². The Morgan fingerprint density at radius 2 is 1.36 bits per heavy atom. The van der Waals surface area contributed by atoms with Gasteiger partial charge in [0.1, 0.15) is 31.7 Å². The first kappa shape index (κ1) is 25.1. The maximum Gasteiger partial charge on any atom is 1.00 e. The molecule has 0 atom stereocenters. The molecule has 0 fully saturated rings. The molecule has 0 aliphatic carbocycles. The second-order valence-electron chi connectivity index (χ2n) is 4.91. The van der Waals surface area contributed by atoms with Crippen molar-refractivity contribution in [2.24, 2.45) is 0 Å². The van der Waals surface area contributed by atoms with Gasteiger partial charge in [-0.2, -0.15) is 0 Å². The molecule has 126 valence electrons. The third-order valence-electron chi connectivity index (χ3n) is 3.54. The van der Waals surface area contributed by atoms with Crippen LogP contribution in [-0.4, -0.2) is 36.2 Å². The molecule has 0 radical (unpaired) electrons. The summed E-state index contributed by atoms with van der Waals surface area (Å²) in [7, 11) is -9.89. The number of phenols is 2. The fourth-order valence-corrected chi connectivity index (χ4v) is 4.00. The average molecular weight is 406 g/mol. The van der Waals surface area contributed by atoms with Crippen molar-refractivity contribution >= 4 is 31.0 Å². The number of hydrogen-bond donors (Lipinski definition) is 2. The van der Waals surface area contributed by atoms with Crippen molar-refractivity contribution in [3.05, 3.63) is 23.3 Å². The maximum atomic E-state index is 11.3. The maximum absolute atomic E-state index is 11.3. The largest absolute Gasteiger partial charge is 1.00 e. The molecular formula is C13H12Na2O8S2. The molecule has 2 N–H and O–H groups in total. The van der Waals surface area contributed by atoms with E-state index in [9.17, 15) is 36.2 Å². The summed E-state index contributed by atoms with van der Waals surface area (Å²) in [4.78, 5) is -1.50. The number of phenolic OH excluding ortho intramolecular Hbond substituents is 2. The first-order valence-electron chi connectivity index (χ1n) is 6.32. The van der Waals surface area contributed by atoms with E-state index in [-0.39, 0.29) is 87.4 Å². The van der Waals surface area contributed by atoms with Crippen LogP contribution < -0.4 is 59.1 Å². The van der Waals surface area contributed by atoms with E-state index in [0.717, 1.165) is 12.1 Å². The normalized spacial score (nSPS) is 11.7. The Bertz CT molecular complexity index is 1030. The molecule has 0 heterocycles. The number of rotatable bonds is 3. The van der Waals surface area contributed by atoms with Crippen LogP contribution >= 0.6 is 0 Å². The van der Waals surface area contributed by atoms with E-state index < -0.39 is 41.5 Å². The van der Waals surface area contributed by atoms with Gasteiger partial charge >= 0.3 is 59.1 Å². The Labute approximate surface area is 189 Å². The van der Waals surface area contributed by atoms with Gasteiger partial charge in [0.15, 0.2) is 0 Å². The number of fused-ring (bicyclic) bond motifs is 1. The molecule has 0 unspecified atom stereocenters. The van der Waals surface area contributed by atoms with E-state index in [2.05, 4.69) is 0 Å². The zero-order chi connectivity index (χ0) is 17.7. The summed E-state index contributed by atoms with van der Waals surface area (Å²) < 4.78 is 67.7. The number of benzene rings is 2. The molecule has 8 nitrogen and oxygen atoms in total. The summed E-state index contributed by atoms with van der Waals surface area (Å²) in [5.41, 5.74) is -0.470. The summed E-state index contributed by atoms with van der Waals surface area (Å²) in [6, 6.07) is 1.66. The Morgan fingerprint density at radius 1 is 0.920 bits per heavy atom. The molecule has 0 bridgehead atoms. The summed E-state index contributed by atoms with van der Waals surface area (Å²) in [5, 5.41) is 19.8. The van der Waals surface area contributed by atoms with Crippen molar-refractivity contribution in [2.75, 3.05) is 0 Å². The SMILES string of the molecule is CCc1c(S(=O)(=O)[O-])cc2cc(S(=O)(=O)[O-])c(C)c(O)c2c1O.[Na+].[Na+]. The second kappa shape index (κ2) is 8.42. The van der Waals surface area contributed by atoms with Crippen molar-refractivity contribution < 1.29 is 95.3 Å². The van der Waals surface area contributed by atoms with Gasteiger partial charge in [-0.3, -0.25) is 0 Å². The van der Waals surface area contributed by atoms with Crippen LogP contribution in [0.15, 0.2) is 21.9 Å². The van der Waals surface area contributed by atoms with Gasteiger partial charge in [0, 0.05) is 11.1 Å². The zero-order valence-electron chi connectivity index (χ0n) is 14.0. The smallest absolute Gasteiger partial charge is 0.744 e. The van der Waals surface area contributed by atoms with Crippen LogP contribution in [0.4, 0.5) is 0 Å². The van der Waals surface area contributed by atoms with Gasteiger partial charge in [0.25, 0.3) is 0 Å². The third-order valence-corrected chi connectivity index (χ3v) is 5.40. The van der Waals surface area contributed by atoms with Crippen molar-refractivity contribution in [3.8, 4) is 11.5 Å². The van der Waals surface area contributed by atoms with Crippen LogP contribution in [0.3, 0.4) is 0 Å². The molecule has 0 spiro atoms. The van der Waals surface area contributed by atoms with Crippen LogP contribution in [-0.2, 0) is 26.7 Å². The van der Waals surface area contributed by atoms with Crippen LogP contribution in [0.2, 0.25) is 0 Å². The fourth-order valence-electron chi connectivity index (χ4n) is 2.45. The van der Waals surface area contributed by atoms with Gasteiger partial charge in [-0.05, 0) is 30.9 Å². The van der Waals surface area contributed by atoms with Crippen LogP contribution in [0.25, 0.3) is 10.8 Å². The molecule has 12 heteroatoms. The molecule has 0 saturated heterocycles. The molecule has 2 aromatic carbocycles. The minimum atomic E-state index is -4.95. The van der Waals surface area contributed by atoms with Crippen LogP contribution in [0.5, 0.6) is 11.5 Å². The summed E-state index contributed by atoms with van der Waals surface area (Å²) in [5.74, 6) is -1.31. The summed E-state index contributed by atoms with van der Waals surface area (Å²) in [6.07, 6.45) is -0.0152. The van der Waals surface area contributed by atoms with E-state index in [1.165, 1.54) is 13.8 Å². The van der Waals surface area contributed by atoms with Gasteiger partial charge in [-0.1, -0.05) is 6.92 Å². The van der Waals surface area contributed by atoms with Gasteiger partial charge in [-0.25, -0.2) is 16.8 Å². The van der Waals surface area contributed by atoms with Crippen LogP contribution in [0, 0.1) is 6.92 Å². The monoisotopic (exact) mass is 406 g/mol. The number of aromatic hydroxyl groups is 2. The van der Waals surface area contributed by atoms with Gasteiger partial charge in [0.2, 0.25) is 0 Å². The first-order valence-corrected chi connectivity index (χ1v) is 9.14. The average Bonchev–Trinajstić information content (AvgIpc) is 2.39. The van der Waals surface area contributed by atoms with E-state index >= 15 is 0 Å². The third kappa shape index (κ3) is 4.70. The van der Waals surface area contributed by atoms with Crippen molar-refractivity contribution in [2.45, 2.75) is 30.1 Å². The Morgan fingerprint density at radius 3 is 1.76 bits per heavy atom. The van der Waals surface area contributed by atoms with E-state index in [1.54, 1.807) is 0 Å². The van der Waals surface area contributed by atoms with Crippen LogP contribution in [0.1, 0.15) is 18.1 Å². The summed E-state index contributed by atoms with van der Waals surface area (Å²) >= 11 is 0. The number of hydrogen-bond acceptors (Lipinski definition) is 8. The summed E-state index contributed by atoms with van der Waals surface area (Å²) in [6.45, 7) is 2.67. The van der Waals surface area contributed by atoms with Gasteiger partial charge in [0.05, 0.1) is 15.2 Å². The molecule has 25 heavy (non-hydrogen) atoms. The second-order valence-corrected chi connectivity index (χ2v) is 7.61. The van der Waals surface area contributed by atoms with Gasteiger partial charge in [-0.15, -0.1) is 0 Å². The van der Waals surface area contributed by atoms with E-state index in [1.807, 2.05) is 0 Å². The minimum absolute atomic E-state index is 0. The van der Waals surface area contributed by atoms with Crippen molar-refractivity contribution in [1.82, 2.24) is 0 Å². The molecule has 0 aliphatic rings. The molecule has 2 aromatic rings. The Balaban J connectivity index is 0.00000288. The quantitative estimate of drug-likeness (QED) is 0.379. The standard InChI is InChI=1S/C13H14O8S2.2Na/c1-3-8-10(23(19,20)21)5-7-4-9(22(16,17)18)6(2)12(14)11(7)13(8)15;;/h4-5,14-15H,3H2,1-2H3,(H,16,17,18)(H,19,20,21);;/q;2*+1/p-2. The molecule has 0 aliphatic heterocycles. The predicted octanol–water partition coefficient (Wildman–Crippen LogP) is -5.06. The predicted molar refractivity (Wildman–Crippen MR) is 77.3 cm³/mol. The van der Waals surface area contributed by atoms with E-state index in [4.69, 9.17) is 0 Å². The fraction of sp³-hybridized carbons (Fsp3) is 0.231. The molecule has 2 rings (SSSR count). The minimum Gasteiger partial charge on any atom is -0.744 e. The molecule has 0 saturated carbocycles. The Hall–Kier alpha value is 0.120. The zero-order valence-corrected chi connectivity index (χ0v) is 19.7. The molecule has 0 amide bonds.